The molecule has 260 valence electrons. The lowest BCUT2D eigenvalue weighted by molar-refractivity contribution is 0.00195. The Morgan fingerprint density at radius 1 is 0.372 bits per heavy atom. The molecule has 0 radical (unpaired) electrons. The van der Waals surface area contributed by atoms with Gasteiger partial charge in [-0.2, -0.15) is 0 Å². The lowest BCUT2D eigenvalue weighted by Crippen LogP contribution is -2.69. The van der Waals surface area contributed by atoms with Crippen LogP contribution in [0.3, 0.4) is 0 Å². The Labute approximate surface area is 338 Å². The summed E-state index contributed by atoms with van der Waals surface area (Å²) in [6.45, 7) is 9.87. The molecule has 0 aliphatic rings. The molecule has 0 saturated carbocycles. The predicted molar refractivity (Wildman–Crippen MR) is 202 cm³/mol. The molecule has 0 aromatic rings. The third-order valence-corrected chi connectivity index (χ3v) is 18.8. The molecule has 0 atom stereocenters. The summed E-state index contributed by atoms with van der Waals surface area (Å²) in [4.78, 5) is 0. The summed E-state index contributed by atoms with van der Waals surface area (Å²) < 4.78 is -4.45. The molecule has 0 bridgehead atoms. The second-order valence-corrected chi connectivity index (χ2v) is 22.3. The lowest BCUT2D eigenvalue weighted by atomic mass is 9.88. The molecular formula is C24H35Cl16O2P. The molecule has 0 aliphatic heterocycles. The van der Waals surface area contributed by atoms with Gasteiger partial charge in [-0.25, -0.2) is 0 Å². The normalized spacial score (nSPS) is 15.8. The summed E-state index contributed by atoms with van der Waals surface area (Å²) in [6, 6.07) is 0. The fourth-order valence-corrected chi connectivity index (χ4v) is 11.2. The highest BCUT2D eigenvalue weighted by Crippen LogP contribution is 2.68. The molecule has 0 amide bonds. The molecule has 0 rings (SSSR count). The third kappa shape index (κ3) is 9.33. The van der Waals surface area contributed by atoms with E-state index in [9.17, 15) is 0 Å². The number of rotatable bonds is 20. The molecule has 0 heterocycles. The average molecular weight is 954 g/mol. The number of hydrogen-bond donors (Lipinski definition) is 0. The van der Waals surface area contributed by atoms with Crippen LogP contribution in [-0.4, -0.2) is 45.9 Å². The molecule has 0 aromatic carbocycles. The number of hydrogen-bond acceptors (Lipinski definition) is 2. The van der Waals surface area contributed by atoms with Crippen LogP contribution in [0.4, 0.5) is 0 Å². The lowest BCUT2D eigenvalue weighted by Gasteiger charge is -2.56. The van der Waals surface area contributed by atoms with Gasteiger partial charge in [-0.1, -0.05) is 239 Å². The maximum absolute atomic E-state index is 6.91. The van der Waals surface area contributed by atoms with Crippen LogP contribution in [-0.2, 0) is 9.05 Å². The van der Waals surface area contributed by atoms with E-state index in [1.165, 1.54) is 13.8 Å². The SMILES string of the molecule is CCCC(Cl)(Cl)C(Cl)(Cl)C(C)(OPOC(C)(C(Cl)(Cl)C(Cl)(Cl)CCC)C(Cl)(Cl)C(Cl)(Cl)CCC)C(Cl)(Cl)C(Cl)(Cl)CCC. The zero-order chi connectivity index (χ0) is 34.8. The highest BCUT2D eigenvalue weighted by atomic mass is 35.6. The van der Waals surface area contributed by atoms with Crippen LogP contribution >= 0.6 is 195 Å². The van der Waals surface area contributed by atoms with Gasteiger partial charge in [-0.15, -0.1) is 0 Å². The van der Waals surface area contributed by atoms with Crippen molar-refractivity contribution < 1.29 is 9.05 Å². The van der Waals surface area contributed by atoms with E-state index in [1.807, 2.05) is 0 Å². The van der Waals surface area contributed by atoms with Gasteiger partial charge in [0.25, 0.3) is 0 Å². The highest BCUT2D eigenvalue weighted by Gasteiger charge is 2.75. The fraction of sp³-hybridized carbons (Fsp3) is 1.00. The van der Waals surface area contributed by atoms with Crippen molar-refractivity contribution in [1.82, 2.24) is 0 Å². The fourth-order valence-electron chi connectivity index (χ4n) is 4.12. The summed E-state index contributed by atoms with van der Waals surface area (Å²) in [7, 11) is -1.19. The largest absolute Gasteiger partial charge is 0.323 e. The van der Waals surface area contributed by atoms with Gasteiger partial charge >= 0.3 is 0 Å². The number of alkyl halides is 16. The summed E-state index contributed by atoms with van der Waals surface area (Å²) in [5.74, 6) is 0. The van der Waals surface area contributed by atoms with Crippen molar-refractivity contribution in [1.29, 1.82) is 0 Å². The summed E-state index contributed by atoms with van der Waals surface area (Å²) in [6.07, 6.45) is 2.14. The zero-order valence-electron chi connectivity index (χ0n) is 24.0. The van der Waals surface area contributed by atoms with Crippen molar-refractivity contribution in [3.8, 4) is 0 Å². The van der Waals surface area contributed by atoms with Crippen molar-refractivity contribution in [2.24, 2.45) is 0 Å². The quantitative estimate of drug-likeness (QED) is 0.0894. The van der Waals surface area contributed by atoms with Gasteiger partial charge in [0.1, 0.15) is 11.2 Å². The van der Waals surface area contributed by atoms with Crippen LogP contribution in [0.1, 0.15) is 92.9 Å². The second-order valence-electron chi connectivity index (χ2n) is 10.5. The molecule has 43 heavy (non-hydrogen) atoms. The van der Waals surface area contributed by atoms with Gasteiger partial charge in [0, 0.05) is 0 Å². The molecule has 0 fully saturated rings. The number of halogens is 16. The topological polar surface area (TPSA) is 18.5 Å². The Hall–Kier alpha value is 4.99. The summed E-state index contributed by atoms with van der Waals surface area (Å²) in [5, 5.41) is 0. The molecule has 19 heteroatoms. The van der Waals surface area contributed by atoms with Crippen LogP contribution in [0.15, 0.2) is 0 Å². The molecule has 0 aromatic heterocycles. The van der Waals surface area contributed by atoms with Crippen molar-refractivity contribution in [2.45, 2.75) is 139 Å². The third-order valence-electron chi connectivity index (χ3n) is 6.98. The van der Waals surface area contributed by atoms with E-state index < -0.39 is 54.9 Å². The summed E-state index contributed by atoms with van der Waals surface area (Å²) in [5.41, 5.74) is -4.40. The van der Waals surface area contributed by atoms with Crippen LogP contribution in [0.5, 0.6) is 0 Å². The van der Waals surface area contributed by atoms with Gasteiger partial charge in [0.15, 0.2) is 43.7 Å². The van der Waals surface area contributed by atoms with E-state index in [0.717, 1.165) is 0 Å². The van der Waals surface area contributed by atoms with Crippen LogP contribution < -0.4 is 0 Å². The first-order chi connectivity index (χ1) is 18.9. The molecule has 0 spiro atoms. The molecular weight excluding hydrogens is 918 g/mol. The Kier molecular flexibility index (Phi) is 19.2. The van der Waals surface area contributed by atoms with Crippen LogP contribution in [0.2, 0.25) is 0 Å². The molecule has 2 nitrogen and oxygen atoms in total. The molecule has 0 aliphatic carbocycles. The van der Waals surface area contributed by atoms with E-state index in [0.29, 0.717) is 25.7 Å². The second kappa shape index (κ2) is 17.2. The maximum atomic E-state index is 6.91. The predicted octanol–water partition coefficient (Wildman–Crippen LogP) is 15.6. The van der Waals surface area contributed by atoms with Crippen molar-refractivity contribution in [3.63, 3.8) is 0 Å². The molecule has 0 unspecified atom stereocenters. The van der Waals surface area contributed by atoms with Gasteiger partial charge in [-0.05, 0) is 39.5 Å². The standard InChI is InChI=1S/C24H35Cl16O2P/c1-7-11-17(25,26)21(33,34)15(5,22(35,36)18(27,28)12-8-2)41-43-42-16(6,23(37,38)19(29,30)13-9-3)24(39,40)20(31,32)14-10-4/h43H,7-14H2,1-6H3. The van der Waals surface area contributed by atoms with Gasteiger partial charge in [0.2, 0.25) is 0 Å². The Morgan fingerprint density at radius 3 is 0.674 bits per heavy atom. The van der Waals surface area contributed by atoms with Crippen LogP contribution in [0, 0.1) is 0 Å². The minimum absolute atomic E-state index is 0.0773. The van der Waals surface area contributed by atoms with E-state index in [1.54, 1.807) is 27.7 Å². The Morgan fingerprint density at radius 2 is 0.535 bits per heavy atom. The van der Waals surface area contributed by atoms with Crippen molar-refractivity contribution in [3.05, 3.63) is 0 Å². The van der Waals surface area contributed by atoms with Crippen LogP contribution in [0.25, 0.3) is 0 Å². The van der Waals surface area contributed by atoms with Gasteiger partial charge in [0.05, 0.1) is 0 Å². The first-order valence-corrected chi connectivity index (χ1v) is 19.9. The first kappa shape index (κ1) is 48.0. The van der Waals surface area contributed by atoms with E-state index in [4.69, 9.17) is 195 Å². The minimum atomic E-state index is -2.30. The van der Waals surface area contributed by atoms with Crippen molar-refractivity contribution in [2.75, 3.05) is 0 Å². The van der Waals surface area contributed by atoms with E-state index in [2.05, 4.69) is 0 Å². The van der Waals surface area contributed by atoms with E-state index in [-0.39, 0.29) is 25.7 Å². The maximum Gasteiger partial charge on any atom is 0.182 e. The summed E-state index contributed by atoms with van der Waals surface area (Å²) >= 11 is 109. The molecule has 0 saturated heterocycles. The van der Waals surface area contributed by atoms with E-state index >= 15 is 0 Å². The van der Waals surface area contributed by atoms with Gasteiger partial charge < -0.3 is 9.05 Å². The van der Waals surface area contributed by atoms with Gasteiger partial charge in [-0.3, -0.25) is 0 Å². The van der Waals surface area contributed by atoms with Crippen molar-refractivity contribution >= 4 is 195 Å². The highest BCUT2D eigenvalue weighted by molar-refractivity contribution is 7.26. The monoisotopic (exact) mass is 946 g/mol. The molecule has 0 N–H and O–H groups in total. The Balaban J connectivity index is 7.30. The smallest absolute Gasteiger partial charge is 0.182 e. The minimum Gasteiger partial charge on any atom is -0.323 e. The average Bonchev–Trinajstić information content (AvgIpc) is 2.82. The first-order valence-electron chi connectivity index (χ1n) is 13.1. The Bertz CT molecular complexity index is 765. The zero-order valence-corrected chi connectivity index (χ0v) is 37.1.